The van der Waals surface area contributed by atoms with E-state index in [9.17, 15) is 4.79 Å². The third kappa shape index (κ3) is 1.76. The van der Waals surface area contributed by atoms with E-state index in [1.54, 1.807) is 0 Å². The van der Waals surface area contributed by atoms with Crippen LogP contribution in [0.15, 0.2) is 16.9 Å². The Hall–Kier alpha value is -0.610. The van der Waals surface area contributed by atoms with Crippen LogP contribution in [0.1, 0.15) is 10.4 Å². The molecule has 0 aliphatic rings. The summed E-state index contributed by atoms with van der Waals surface area (Å²) in [5.41, 5.74) is 0.252. The van der Waals surface area contributed by atoms with Crippen molar-refractivity contribution in [2.24, 2.45) is 0 Å². The van der Waals surface area contributed by atoms with Crippen LogP contribution in [0.2, 0.25) is 5.02 Å². The van der Waals surface area contributed by atoms with E-state index in [-0.39, 0.29) is 5.56 Å². The van der Waals surface area contributed by atoms with Crippen LogP contribution in [-0.2, 0) is 4.74 Å². The molecule has 0 saturated carbocycles. The summed E-state index contributed by atoms with van der Waals surface area (Å²) in [7, 11) is 1.29. The monoisotopic (exact) mass is 249 g/mol. The second-order valence-electron chi connectivity index (χ2n) is 1.95. The molecule has 0 N–H and O–H groups in total. The molecule has 1 aromatic rings. The standard InChI is InChI=1S/C7H5BrClNO2/c1-12-7(11)5-4(9)2-3-10-6(5)8/h2-3H,1H3. The fraction of sp³-hybridized carbons (Fsp3) is 0.143. The lowest BCUT2D eigenvalue weighted by molar-refractivity contribution is 0.0599. The predicted molar refractivity (Wildman–Crippen MR) is 48.3 cm³/mol. The maximum Gasteiger partial charge on any atom is 0.342 e. The van der Waals surface area contributed by atoms with Crippen LogP contribution in [0.5, 0.6) is 0 Å². The van der Waals surface area contributed by atoms with Gasteiger partial charge in [0.15, 0.2) is 0 Å². The van der Waals surface area contributed by atoms with Crippen LogP contribution in [0, 0.1) is 0 Å². The molecule has 0 bridgehead atoms. The van der Waals surface area contributed by atoms with E-state index in [0.29, 0.717) is 9.63 Å². The normalized spacial score (nSPS) is 9.58. The molecule has 64 valence electrons. The molecule has 12 heavy (non-hydrogen) atoms. The third-order valence-corrected chi connectivity index (χ3v) is 2.16. The van der Waals surface area contributed by atoms with Crippen molar-refractivity contribution in [1.29, 1.82) is 0 Å². The maximum absolute atomic E-state index is 11.1. The molecule has 0 aliphatic carbocycles. The molecule has 1 heterocycles. The minimum Gasteiger partial charge on any atom is -0.465 e. The van der Waals surface area contributed by atoms with Crippen LogP contribution in [0.3, 0.4) is 0 Å². The number of carbonyl (C=O) groups excluding carboxylic acids is 1. The fourth-order valence-corrected chi connectivity index (χ4v) is 1.53. The van der Waals surface area contributed by atoms with Gasteiger partial charge in [-0.05, 0) is 22.0 Å². The summed E-state index contributed by atoms with van der Waals surface area (Å²) in [5, 5.41) is 0.323. The number of halogens is 2. The molecule has 1 rings (SSSR count). The fourth-order valence-electron chi connectivity index (χ4n) is 0.698. The van der Waals surface area contributed by atoms with Gasteiger partial charge in [0.1, 0.15) is 10.2 Å². The SMILES string of the molecule is COC(=O)c1c(Cl)ccnc1Br. The van der Waals surface area contributed by atoms with Crippen LogP contribution in [-0.4, -0.2) is 18.1 Å². The first-order valence-electron chi connectivity index (χ1n) is 3.05. The lowest BCUT2D eigenvalue weighted by Gasteiger charge is -2.02. The van der Waals surface area contributed by atoms with Crippen molar-refractivity contribution < 1.29 is 9.53 Å². The maximum atomic E-state index is 11.1. The first-order chi connectivity index (χ1) is 5.66. The smallest absolute Gasteiger partial charge is 0.342 e. The van der Waals surface area contributed by atoms with Gasteiger partial charge in [0.05, 0.1) is 12.1 Å². The van der Waals surface area contributed by atoms with Crippen LogP contribution in [0.25, 0.3) is 0 Å². The summed E-state index contributed by atoms with van der Waals surface area (Å²) in [6, 6.07) is 1.53. The number of hydrogen-bond acceptors (Lipinski definition) is 3. The Morgan fingerprint density at radius 1 is 1.75 bits per heavy atom. The van der Waals surface area contributed by atoms with E-state index < -0.39 is 5.97 Å². The van der Waals surface area contributed by atoms with Crippen LogP contribution in [0.4, 0.5) is 0 Å². The van der Waals surface area contributed by atoms with Gasteiger partial charge >= 0.3 is 5.97 Å². The van der Waals surface area contributed by atoms with Gasteiger partial charge in [-0.15, -0.1) is 0 Å². The largest absolute Gasteiger partial charge is 0.465 e. The number of rotatable bonds is 1. The number of methoxy groups -OCH3 is 1. The second kappa shape index (κ2) is 3.87. The van der Waals surface area contributed by atoms with Gasteiger partial charge in [0, 0.05) is 6.20 Å². The molecule has 3 nitrogen and oxygen atoms in total. The average molecular weight is 250 g/mol. The molecule has 1 aromatic heterocycles. The second-order valence-corrected chi connectivity index (χ2v) is 3.11. The molecule has 0 saturated heterocycles. The number of nitrogens with zero attached hydrogens (tertiary/aromatic N) is 1. The van der Waals surface area contributed by atoms with Crippen molar-refractivity contribution in [3.8, 4) is 0 Å². The molecule has 0 amide bonds. The summed E-state index contributed by atoms with van der Waals surface area (Å²) in [5.74, 6) is -0.500. The molecule has 0 radical (unpaired) electrons. The van der Waals surface area contributed by atoms with Crippen LogP contribution < -0.4 is 0 Å². The van der Waals surface area contributed by atoms with Crippen molar-refractivity contribution in [2.75, 3.05) is 7.11 Å². The van der Waals surface area contributed by atoms with E-state index in [1.807, 2.05) is 0 Å². The first-order valence-corrected chi connectivity index (χ1v) is 4.22. The van der Waals surface area contributed by atoms with Crippen molar-refractivity contribution >= 4 is 33.5 Å². The predicted octanol–water partition coefficient (Wildman–Crippen LogP) is 2.28. The lowest BCUT2D eigenvalue weighted by Crippen LogP contribution is -2.04. The Bertz CT molecular complexity index is 296. The molecule has 0 aliphatic heterocycles. The third-order valence-electron chi connectivity index (χ3n) is 1.24. The zero-order valence-electron chi connectivity index (χ0n) is 6.17. The van der Waals surface area contributed by atoms with Crippen molar-refractivity contribution in [1.82, 2.24) is 4.98 Å². The van der Waals surface area contributed by atoms with E-state index in [0.717, 1.165) is 0 Å². The molecular weight excluding hydrogens is 245 g/mol. The van der Waals surface area contributed by atoms with Gasteiger partial charge in [0.25, 0.3) is 0 Å². The first kappa shape index (κ1) is 9.48. The summed E-state index contributed by atoms with van der Waals surface area (Å²) >= 11 is 8.82. The van der Waals surface area contributed by atoms with Gasteiger partial charge in [-0.2, -0.15) is 0 Å². The molecule has 0 fully saturated rings. The number of esters is 1. The Morgan fingerprint density at radius 3 is 2.92 bits per heavy atom. The lowest BCUT2D eigenvalue weighted by atomic mass is 10.3. The topological polar surface area (TPSA) is 39.2 Å². The Balaban J connectivity index is 3.21. The quantitative estimate of drug-likeness (QED) is 0.567. The van der Waals surface area contributed by atoms with E-state index in [4.69, 9.17) is 11.6 Å². The van der Waals surface area contributed by atoms with E-state index >= 15 is 0 Å². The highest BCUT2D eigenvalue weighted by atomic mass is 79.9. The minimum absolute atomic E-state index is 0.252. The summed E-state index contributed by atoms with van der Waals surface area (Å²) in [4.78, 5) is 14.9. The van der Waals surface area contributed by atoms with E-state index in [2.05, 4.69) is 25.7 Å². The highest BCUT2D eigenvalue weighted by Crippen LogP contribution is 2.22. The highest BCUT2D eigenvalue weighted by Gasteiger charge is 2.14. The number of ether oxygens (including phenoxy) is 1. The number of hydrogen-bond donors (Lipinski definition) is 0. The summed E-state index contributed by atoms with van der Waals surface area (Å²) < 4.78 is 4.90. The van der Waals surface area contributed by atoms with Gasteiger partial charge in [-0.25, -0.2) is 9.78 Å². The van der Waals surface area contributed by atoms with Gasteiger partial charge in [-0.3, -0.25) is 0 Å². The van der Waals surface area contributed by atoms with Crippen molar-refractivity contribution in [3.05, 3.63) is 27.5 Å². The molecular formula is C7H5BrClNO2. The Morgan fingerprint density at radius 2 is 2.42 bits per heavy atom. The zero-order chi connectivity index (χ0) is 9.14. The average Bonchev–Trinajstić information content (AvgIpc) is 2.03. The summed E-state index contributed by atoms with van der Waals surface area (Å²) in [6.45, 7) is 0. The van der Waals surface area contributed by atoms with Crippen LogP contribution >= 0.6 is 27.5 Å². The summed E-state index contributed by atoms with van der Waals surface area (Å²) in [6.07, 6.45) is 1.50. The number of pyridine rings is 1. The number of aromatic nitrogens is 1. The van der Waals surface area contributed by atoms with Gasteiger partial charge in [0.2, 0.25) is 0 Å². The highest BCUT2D eigenvalue weighted by molar-refractivity contribution is 9.10. The van der Waals surface area contributed by atoms with Gasteiger partial charge in [-0.1, -0.05) is 11.6 Å². The number of carbonyl (C=O) groups is 1. The van der Waals surface area contributed by atoms with Crippen molar-refractivity contribution in [3.63, 3.8) is 0 Å². The van der Waals surface area contributed by atoms with E-state index in [1.165, 1.54) is 19.4 Å². The minimum atomic E-state index is -0.500. The molecule has 0 spiro atoms. The Kier molecular flexibility index (Phi) is 3.05. The molecule has 0 aromatic carbocycles. The molecule has 0 atom stereocenters. The Labute approximate surface area is 82.8 Å². The zero-order valence-corrected chi connectivity index (χ0v) is 8.52. The van der Waals surface area contributed by atoms with Gasteiger partial charge < -0.3 is 4.74 Å². The van der Waals surface area contributed by atoms with Crippen molar-refractivity contribution in [2.45, 2.75) is 0 Å². The molecule has 0 unspecified atom stereocenters. The molecule has 5 heteroatoms.